The van der Waals surface area contributed by atoms with Crippen molar-refractivity contribution < 1.29 is 41.7 Å². The molecule has 0 aliphatic heterocycles. The number of carbonyl (C=O) groups is 2. The third-order valence-corrected chi connectivity index (χ3v) is 7.11. The zero-order valence-electron chi connectivity index (χ0n) is 19.7. The van der Waals surface area contributed by atoms with E-state index < -0.39 is 34.0 Å². The van der Waals surface area contributed by atoms with Crippen LogP contribution in [0.2, 0.25) is 10.0 Å². The van der Waals surface area contributed by atoms with Crippen LogP contribution in [0.1, 0.15) is 13.8 Å². The number of sulfone groups is 1. The molecule has 0 spiro atoms. The molecule has 2 rings (SSSR count). The standard InChI is InChI=1S/C23H25Cl3O9S/c1-14(27)34-17(10-24)12-33-23-21(25)8-20(9-22(23)26)36(29,30)19-6-4-16(5-7-19)32-13-18(11-31-3)35-15(2)28/h4-9,17-18H,10-13H2,1-3H3/t17-,18-/m0/s1. The first kappa shape index (κ1) is 30.0. The van der Waals surface area contributed by atoms with Crippen LogP contribution in [-0.2, 0) is 33.6 Å². The lowest BCUT2D eigenvalue weighted by atomic mass is 10.3. The molecule has 0 saturated carbocycles. The number of ether oxygens (including phenoxy) is 5. The van der Waals surface area contributed by atoms with Crippen LogP contribution >= 0.6 is 34.8 Å². The van der Waals surface area contributed by atoms with Crippen molar-refractivity contribution in [2.75, 3.05) is 32.8 Å². The molecular weight excluding hydrogens is 559 g/mol. The summed E-state index contributed by atoms with van der Waals surface area (Å²) in [6, 6.07) is 8.06. The maximum Gasteiger partial charge on any atom is 0.303 e. The molecule has 0 heterocycles. The summed E-state index contributed by atoms with van der Waals surface area (Å²) in [4.78, 5) is 22.1. The van der Waals surface area contributed by atoms with Gasteiger partial charge in [0, 0.05) is 21.0 Å². The van der Waals surface area contributed by atoms with E-state index >= 15 is 0 Å². The van der Waals surface area contributed by atoms with Crippen molar-refractivity contribution >= 4 is 56.6 Å². The van der Waals surface area contributed by atoms with Gasteiger partial charge in [-0.05, 0) is 36.4 Å². The molecule has 0 saturated heterocycles. The van der Waals surface area contributed by atoms with Gasteiger partial charge in [0.1, 0.15) is 25.1 Å². The van der Waals surface area contributed by atoms with Crippen molar-refractivity contribution in [1.82, 2.24) is 0 Å². The van der Waals surface area contributed by atoms with Gasteiger partial charge in [-0.3, -0.25) is 9.59 Å². The van der Waals surface area contributed by atoms with Gasteiger partial charge in [0.2, 0.25) is 9.84 Å². The fourth-order valence-electron chi connectivity index (χ4n) is 2.93. The van der Waals surface area contributed by atoms with Crippen LogP contribution in [0.15, 0.2) is 46.2 Å². The number of alkyl halides is 1. The van der Waals surface area contributed by atoms with E-state index in [1.165, 1.54) is 57.4 Å². The lowest BCUT2D eigenvalue weighted by Gasteiger charge is -2.17. The van der Waals surface area contributed by atoms with Gasteiger partial charge in [0.05, 0.1) is 32.3 Å². The van der Waals surface area contributed by atoms with Crippen LogP contribution in [0.3, 0.4) is 0 Å². The second kappa shape index (κ2) is 13.9. The highest BCUT2D eigenvalue weighted by Gasteiger charge is 2.23. The minimum absolute atomic E-state index is 0.0161. The average molecular weight is 584 g/mol. The Morgan fingerprint density at radius 2 is 1.36 bits per heavy atom. The van der Waals surface area contributed by atoms with Crippen molar-refractivity contribution in [3.8, 4) is 11.5 Å². The SMILES string of the molecule is COC[C@@H](COc1ccc(S(=O)(=O)c2cc(Cl)c(OC[C@H](CCl)OC(C)=O)c(Cl)c2)cc1)OC(C)=O. The van der Waals surface area contributed by atoms with Crippen molar-refractivity contribution in [2.45, 2.75) is 35.8 Å². The summed E-state index contributed by atoms with van der Waals surface area (Å²) in [5, 5.41) is -0.0985. The molecule has 0 radical (unpaired) electrons. The molecule has 2 aromatic rings. The van der Waals surface area contributed by atoms with E-state index in [2.05, 4.69) is 0 Å². The number of halogens is 3. The summed E-state index contributed by atoms with van der Waals surface area (Å²) in [6.07, 6.45) is -1.35. The number of esters is 2. The van der Waals surface area contributed by atoms with E-state index in [9.17, 15) is 18.0 Å². The van der Waals surface area contributed by atoms with Gasteiger partial charge in [-0.15, -0.1) is 11.6 Å². The van der Waals surface area contributed by atoms with Crippen LogP contribution in [0.5, 0.6) is 11.5 Å². The van der Waals surface area contributed by atoms with Crippen LogP contribution in [-0.4, -0.2) is 65.4 Å². The Kier molecular flexibility index (Phi) is 11.6. The summed E-state index contributed by atoms with van der Waals surface area (Å²) in [7, 11) is -2.52. The van der Waals surface area contributed by atoms with E-state index in [1.807, 2.05) is 0 Å². The first-order chi connectivity index (χ1) is 17.0. The number of rotatable bonds is 13. The number of carbonyl (C=O) groups excluding carboxylic acids is 2. The predicted molar refractivity (Wildman–Crippen MR) is 133 cm³/mol. The Labute approximate surface area is 224 Å². The topological polar surface area (TPSA) is 114 Å². The zero-order chi connectivity index (χ0) is 26.9. The predicted octanol–water partition coefficient (Wildman–Crippen LogP) is 4.33. The largest absolute Gasteiger partial charge is 0.490 e. The highest BCUT2D eigenvalue weighted by atomic mass is 35.5. The molecule has 0 amide bonds. The van der Waals surface area contributed by atoms with Crippen LogP contribution in [0.25, 0.3) is 0 Å². The number of hydrogen-bond donors (Lipinski definition) is 0. The Balaban J connectivity index is 2.15. The van der Waals surface area contributed by atoms with Crippen LogP contribution in [0, 0.1) is 0 Å². The summed E-state index contributed by atoms with van der Waals surface area (Å²) in [5.41, 5.74) is 0. The maximum absolute atomic E-state index is 13.1. The van der Waals surface area contributed by atoms with Crippen molar-refractivity contribution in [3.63, 3.8) is 0 Å². The summed E-state index contributed by atoms with van der Waals surface area (Å²) in [5.74, 6) is -0.624. The van der Waals surface area contributed by atoms with Gasteiger partial charge in [0.15, 0.2) is 11.9 Å². The summed E-state index contributed by atoms with van der Waals surface area (Å²) >= 11 is 18.2. The molecule has 9 nitrogen and oxygen atoms in total. The molecule has 198 valence electrons. The molecule has 0 fully saturated rings. The van der Waals surface area contributed by atoms with E-state index in [1.54, 1.807) is 0 Å². The molecule has 0 bridgehead atoms. The van der Waals surface area contributed by atoms with E-state index in [4.69, 9.17) is 58.5 Å². The highest BCUT2D eigenvalue weighted by molar-refractivity contribution is 7.91. The second-order valence-electron chi connectivity index (χ2n) is 7.39. The molecule has 0 aliphatic rings. The lowest BCUT2D eigenvalue weighted by Crippen LogP contribution is -2.28. The maximum atomic E-state index is 13.1. The summed E-state index contributed by atoms with van der Waals surface area (Å²) in [6.45, 7) is 2.55. The van der Waals surface area contributed by atoms with E-state index in [0.29, 0.717) is 5.75 Å². The summed E-state index contributed by atoms with van der Waals surface area (Å²) < 4.78 is 52.4. The number of hydrogen-bond acceptors (Lipinski definition) is 9. The minimum Gasteiger partial charge on any atom is -0.490 e. The van der Waals surface area contributed by atoms with Gasteiger partial charge in [-0.2, -0.15) is 0 Å². The Bertz CT molecular complexity index is 1130. The molecule has 0 aromatic heterocycles. The lowest BCUT2D eigenvalue weighted by molar-refractivity contribution is -0.150. The molecule has 13 heteroatoms. The quantitative estimate of drug-likeness (QED) is 0.251. The monoisotopic (exact) mass is 582 g/mol. The van der Waals surface area contributed by atoms with Gasteiger partial charge in [-0.25, -0.2) is 8.42 Å². The van der Waals surface area contributed by atoms with Gasteiger partial charge in [0.25, 0.3) is 0 Å². The Hall–Kier alpha value is -2.24. The first-order valence-electron chi connectivity index (χ1n) is 10.5. The highest BCUT2D eigenvalue weighted by Crippen LogP contribution is 2.37. The average Bonchev–Trinajstić information content (AvgIpc) is 2.81. The smallest absolute Gasteiger partial charge is 0.303 e. The molecule has 36 heavy (non-hydrogen) atoms. The van der Waals surface area contributed by atoms with Crippen molar-refractivity contribution in [3.05, 3.63) is 46.4 Å². The minimum atomic E-state index is -3.98. The second-order valence-corrected chi connectivity index (χ2v) is 10.5. The number of methoxy groups -OCH3 is 1. The van der Waals surface area contributed by atoms with Crippen molar-refractivity contribution in [1.29, 1.82) is 0 Å². The third-order valence-electron chi connectivity index (χ3n) is 4.46. The van der Waals surface area contributed by atoms with E-state index in [-0.39, 0.29) is 51.3 Å². The molecular formula is C23H25Cl3O9S. The first-order valence-corrected chi connectivity index (χ1v) is 13.2. The Morgan fingerprint density at radius 1 is 0.833 bits per heavy atom. The normalized spacial score (nSPS) is 12.9. The molecule has 2 atom stereocenters. The van der Waals surface area contributed by atoms with Crippen LogP contribution < -0.4 is 9.47 Å². The van der Waals surface area contributed by atoms with Gasteiger partial charge < -0.3 is 23.7 Å². The zero-order valence-corrected chi connectivity index (χ0v) is 22.7. The molecule has 0 unspecified atom stereocenters. The third kappa shape index (κ3) is 8.70. The molecule has 0 aliphatic carbocycles. The van der Waals surface area contributed by atoms with Gasteiger partial charge >= 0.3 is 11.9 Å². The van der Waals surface area contributed by atoms with Crippen molar-refractivity contribution in [2.24, 2.45) is 0 Å². The van der Waals surface area contributed by atoms with Gasteiger partial charge in [-0.1, -0.05) is 23.2 Å². The molecule has 0 N–H and O–H groups in total. The molecule has 2 aromatic carbocycles. The fraction of sp³-hybridized carbons (Fsp3) is 0.391. The van der Waals surface area contributed by atoms with E-state index in [0.717, 1.165) is 0 Å². The van der Waals surface area contributed by atoms with Crippen LogP contribution in [0.4, 0.5) is 0 Å². The fourth-order valence-corrected chi connectivity index (χ4v) is 5.12. The Morgan fingerprint density at radius 3 is 1.86 bits per heavy atom. The number of benzene rings is 2.